The van der Waals surface area contributed by atoms with Gasteiger partial charge in [-0.2, -0.15) is 9.97 Å². The van der Waals surface area contributed by atoms with Gasteiger partial charge in [0.25, 0.3) is 11.5 Å². The van der Waals surface area contributed by atoms with E-state index in [0.717, 1.165) is 42.0 Å². The predicted molar refractivity (Wildman–Crippen MR) is 257 cm³/mol. The molecule has 15 nitrogen and oxygen atoms in total. The van der Waals surface area contributed by atoms with Crippen molar-refractivity contribution in [1.29, 1.82) is 0 Å². The van der Waals surface area contributed by atoms with Crippen LogP contribution in [0.3, 0.4) is 0 Å². The zero-order valence-corrected chi connectivity index (χ0v) is 39.8. The van der Waals surface area contributed by atoms with Crippen LogP contribution >= 0.6 is 11.6 Å². The summed E-state index contributed by atoms with van der Waals surface area (Å²) in [5, 5.41) is 22.8. The molecular weight excluding hydrogens is 943 g/mol. The smallest absolute Gasteiger partial charge is 0.343 e. The van der Waals surface area contributed by atoms with Gasteiger partial charge in [0.05, 0.1) is 45.1 Å². The summed E-state index contributed by atoms with van der Waals surface area (Å²) in [6.07, 6.45) is 1.53. The molecule has 3 aromatic heterocycles. The lowest BCUT2D eigenvalue weighted by atomic mass is 9.86. The number of phenols is 1. The number of aliphatic hydroxyl groups is 1. The lowest BCUT2D eigenvalue weighted by Gasteiger charge is -2.36. The third-order valence-electron chi connectivity index (χ3n) is 15.0. The number of cyclic esters (lactones) is 1. The number of benzene rings is 3. The normalized spacial score (nSPS) is 21.6. The predicted octanol–water partition coefficient (Wildman–Crippen LogP) is 7.13. The second kappa shape index (κ2) is 17.5. The highest BCUT2D eigenvalue weighted by Gasteiger charge is 2.50. The molecular formula is C52H49ClF3N7O8. The summed E-state index contributed by atoms with van der Waals surface area (Å²) >= 11 is 6.68. The van der Waals surface area contributed by atoms with Crippen molar-refractivity contribution in [3.8, 4) is 40.0 Å². The number of carbonyl (C=O) groups excluding carboxylic acids is 2. The van der Waals surface area contributed by atoms with Gasteiger partial charge in [-0.05, 0) is 80.3 Å². The lowest BCUT2D eigenvalue weighted by Crippen LogP contribution is -2.49. The number of hydrogen-bond acceptors (Lipinski definition) is 13. The summed E-state index contributed by atoms with van der Waals surface area (Å²) < 4.78 is 65.8. The summed E-state index contributed by atoms with van der Waals surface area (Å²) in [5.41, 5.74) is 0.434. The minimum atomic E-state index is -1.94. The summed E-state index contributed by atoms with van der Waals surface area (Å²) in [4.78, 5) is 60.1. The van der Waals surface area contributed by atoms with Crippen LogP contribution in [0.25, 0.3) is 44.3 Å². The maximum atomic E-state index is 16.8. The number of esters is 1. The Balaban J connectivity index is 0.812. The Bertz CT molecular complexity index is 3310. The molecule has 3 atom stereocenters. The molecule has 11 rings (SSSR count). The number of rotatable bonds is 11. The van der Waals surface area contributed by atoms with Gasteiger partial charge in [0, 0.05) is 72.2 Å². The number of fused-ring (bicyclic) bond motifs is 7. The fraction of sp³-hybridized carbons (Fsp3) is 0.385. The molecule has 2 N–H and O–H groups in total. The molecule has 6 aromatic rings. The minimum absolute atomic E-state index is 0.0391. The van der Waals surface area contributed by atoms with E-state index in [1.807, 2.05) is 17.9 Å². The van der Waals surface area contributed by atoms with E-state index >= 15 is 8.78 Å². The molecule has 0 spiro atoms. The van der Waals surface area contributed by atoms with Crippen LogP contribution in [-0.2, 0) is 39.5 Å². The zero-order chi connectivity index (χ0) is 49.7. The zero-order valence-electron chi connectivity index (χ0n) is 39.0. The van der Waals surface area contributed by atoms with Crippen LogP contribution < -0.4 is 19.9 Å². The Hall–Kier alpha value is -6.76. The average Bonchev–Trinajstić information content (AvgIpc) is 4.03. The molecule has 1 amide bonds. The molecule has 0 unspecified atom stereocenters. The van der Waals surface area contributed by atoms with Crippen LogP contribution in [0.15, 0.2) is 65.5 Å². The van der Waals surface area contributed by atoms with E-state index in [1.165, 1.54) is 18.2 Å². The van der Waals surface area contributed by atoms with Crippen molar-refractivity contribution >= 4 is 51.1 Å². The second-order valence-electron chi connectivity index (χ2n) is 19.0. The Labute approximate surface area is 410 Å². The third kappa shape index (κ3) is 7.55. The van der Waals surface area contributed by atoms with Crippen LogP contribution in [-0.4, -0.2) is 116 Å². The third-order valence-corrected chi connectivity index (χ3v) is 15.3. The number of nitrogens with zero attached hydrogens (tertiary/aromatic N) is 7. The highest BCUT2D eigenvalue weighted by atomic mass is 35.5. The summed E-state index contributed by atoms with van der Waals surface area (Å²) in [6.45, 7) is 9.74. The minimum Gasteiger partial charge on any atom is -0.507 e. The summed E-state index contributed by atoms with van der Waals surface area (Å²) in [6, 6.07) is 12.0. The topological polar surface area (TPSA) is 173 Å². The number of piperazine rings is 1. The van der Waals surface area contributed by atoms with Crippen molar-refractivity contribution in [3.63, 3.8) is 0 Å². The highest BCUT2D eigenvalue weighted by molar-refractivity contribution is 6.34. The number of alkyl halides is 1. The van der Waals surface area contributed by atoms with E-state index < -0.39 is 46.2 Å². The van der Waals surface area contributed by atoms with E-state index in [4.69, 9.17) is 35.8 Å². The average molecular weight is 992 g/mol. The van der Waals surface area contributed by atoms with Gasteiger partial charge in [0.1, 0.15) is 54.6 Å². The van der Waals surface area contributed by atoms with Crippen LogP contribution in [0.4, 0.5) is 19.0 Å². The number of pyridine rings is 2. The molecule has 0 bridgehead atoms. The number of anilines is 1. The Morgan fingerprint density at radius 3 is 2.55 bits per heavy atom. The van der Waals surface area contributed by atoms with Crippen LogP contribution in [0.1, 0.15) is 61.8 Å². The Kier molecular flexibility index (Phi) is 11.5. The molecule has 0 saturated carbocycles. The first kappa shape index (κ1) is 46.6. The number of ether oxygens (including phenoxy) is 3. The first-order valence-electron chi connectivity index (χ1n) is 23.8. The number of aromatic nitrogens is 4. The van der Waals surface area contributed by atoms with Gasteiger partial charge in [-0.1, -0.05) is 38.1 Å². The first-order valence-corrected chi connectivity index (χ1v) is 24.2. The van der Waals surface area contributed by atoms with Gasteiger partial charge in [0.2, 0.25) is 0 Å². The molecule has 3 aromatic carbocycles. The molecule has 8 heterocycles. The van der Waals surface area contributed by atoms with Crippen molar-refractivity contribution in [3.05, 3.63) is 110 Å². The molecule has 368 valence electrons. The van der Waals surface area contributed by atoms with Crippen LogP contribution in [0, 0.1) is 11.6 Å². The molecule has 3 saturated heterocycles. The monoisotopic (exact) mass is 991 g/mol. The van der Waals surface area contributed by atoms with Gasteiger partial charge >= 0.3 is 12.0 Å². The molecule has 0 radical (unpaired) electrons. The SMILES string of the molecule is C=C(COc1ccc2nc3c(c(CC)c2c1)Cn1c-3cc2c(c1=O)COC(=O)[C@]2(O)CC)C(=O)N1CCN(c2nc(OC[C@@]34CCCN3C[C@H](F)C4)nc3c(F)c(-c4c(O)cccc4F)c(Cl)cc23)CC1. The Morgan fingerprint density at radius 2 is 1.79 bits per heavy atom. The number of carbonyl (C=O) groups is 2. The highest BCUT2D eigenvalue weighted by Crippen LogP contribution is 2.45. The van der Waals surface area contributed by atoms with E-state index in [9.17, 15) is 29.0 Å². The van der Waals surface area contributed by atoms with Crippen LogP contribution in [0.2, 0.25) is 5.02 Å². The molecule has 71 heavy (non-hydrogen) atoms. The van der Waals surface area contributed by atoms with Gasteiger partial charge in [0.15, 0.2) is 11.4 Å². The Morgan fingerprint density at radius 1 is 0.986 bits per heavy atom. The quantitative estimate of drug-likeness (QED) is 0.0992. The van der Waals surface area contributed by atoms with Crippen molar-refractivity contribution in [2.24, 2.45) is 0 Å². The lowest BCUT2D eigenvalue weighted by molar-refractivity contribution is -0.172. The van der Waals surface area contributed by atoms with E-state index in [0.29, 0.717) is 42.0 Å². The van der Waals surface area contributed by atoms with E-state index in [2.05, 4.69) is 16.5 Å². The summed E-state index contributed by atoms with van der Waals surface area (Å²) in [5.74, 6) is -2.74. The first-order chi connectivity index (χ1) is 34.1. The fourth-order valence-electron chi connectivity index (χ4n) is 11.3. The number of phenolic OH excluding ortho intramolecular Hbond substituents is 1. The van der Waals surface area contributed by atoms with Crippen molar-refractivity contribution in [1.82, 2.24) is 29.3 Å². The second-order valence-corrected chi connectivity index (χ2v) is 19.4. The molecule has 5 aliphatic rings. The maximum absolute atomic E-state index is 16.8. The summed E-state index contributed by atoms with van der Waals surface area (Å²) in [7, 11) is 0. The van der Waals surface area contributed by atoms with Gasteiger partial charge in [-0.3, -0.25) is 14.5 Å². The van der Waals surface area contributed by atoms with Crippen LogP contribution in [0.5, 0.6) is 17.5 Å². The standard InChI is InChI=1S/C52H49ClF3N7O8/c1-4-30-31-18-29(10-11-38(31)57-44-33(30)23-63-39(44)20-35-34(48(63)66)25-70-49(67)52(35,68)5-2)69-24-27(3)47(65)61-16-14-60(15-17-61)46-32-19-36(53)41(42-37(55)8-6-9-40(42)64)43(56)45(32)58-50(59-46)71-26-51-12-7-13-62(51)22-28(54)21-51/h6,8-11,18-20,28,64,68H,3-5,7,12-17,21-26H2,1-2H3/t28-,51+,52+/m1/s1. The van der Waals surface area contributed by atoms with Gasteiger partial charge in [-0.25, -0.2) is 22.9 Å². The molecule has 0 aliphatic carbocycles. The van der Waals surface area contributed by atoms with Crippen molar-refractivity contribution < 1.29 is 47.2 Å². The molecule has 5 aliphatic heterocycles. The van der Waals surface area contributed by atoms with Gasteiger partial charge in [-0.15, -0.1) is 0 Å². The van der Waals surface area contributed by atoms with E-state index in [1.54, 1.807) is 34.6 Å². The molecule has 3 fully saturated rings. The van der Waals surface area contributed by atoms with Crippen molar-refractivity contribution in [2.45, 2.75) is 76.4 Å². The van der Waals surface area contributed by atoms with Crippen molar-refractivity contribution in [2.75, 3.05) is 57.4 Å². The number of aryl methyl sites for hydroxylation is 1. The number of aromatic hydroxyl groups is 1. The van der Waals surface area contributed by atoms with Gasteiger partial charge < -0.3 is 38.8 Å². The fourth-order valence-corrected chi connectivity index (χ4v) is 11.6. The number of amides is 1. The number of hydrogen-bond donors (Lipinski definition) is 2. The maximum Gasteiger partial charge on any atom is 0.343 e. The van der Waals surface area contributed by atoms with E-state index in [-0.39, 0.29) is 120 Å². The largest absolute Gasteiger partial charge is 0.507 e. The number of halogens is 4. The molecule has 19 heteroatoms.